The summed E-state index contributed by atoms with van der Waals surface area (Å²) in [6.45, 7) is 3.37. The molecule has 0 unspecified atom stereocenters. The van der Waals surface area contributed by atoms with Gasteiger partial charge in [0, 0.05) is 16.7 Å². The van der Waals surface area contributed by atoms with Crippen LogP contribution >= 0.6 is 15.9 Å². The van der Waals surface area contributed by atoms with Gasteiger partial charge in [-0.3, -0.25) is 4.79 Å². The van der Waals surface area contributed by atoms with Crippen LogP contribution in [0.4, 0.5) is 5.69 Å². The van der Waals surface area contributed by atoms with Crippen LogP contribution in [-0.4, -0.2) is 38.4 Å². The van der Waals surface area contributed by atoms with Gasteiger partial charge < -0.3 is 10.5 Å². The number of halogens is 1. The Morgan fingerprint density at radius 1 is 1.40 bits per heavy atom. The standard InChI is InChI=1S/C12H17BrN2O4S/c1-3-15(8-12(16)19-4-2)20(17,18)9-5-6-10(13)11(14)7-9/h5-7H,3-4,8,14H2,1-2H3. The highest BCUT2D eigenvalue weighted by Gasteiger charge is 2.26. The molecule has 0 amide bonds. The molecule has 0 aliphatic rings. The average Bonchev–Trinajstić information content (AvgIpc) is 2.39. The SMILES string of the molecule is CCOC(=O)CN(CC)S(=O)(=O)c1ccc(Br)c(N)c1. The molecule has 2 N–H and O–H groups in total. The van der Waals surface area contributed by atoms with E-state index < -0.39 is 16.0 Å². The lowest BCUT2D eigenvalue weighted by molar-refractivity contribution is -0.143. The molecule has 8 heteroatoms. The number of nitrogen functional groups attached to an aromatic ring is 1. The zero-order valence-corrected chi connectivity index (χ0v) is 13.7. The first-order valence-electron chi connectivity index (χ1n) is 6.03. The van der Waals surface area contributed by atoms with Crippen LogP contribution in [0.25, 0.3) is 0 Å². The predicted molar refractivity (Wildman–Crippen MR) is 79.6 cm³/mol. The van der Waals surface area contributed by atoms with Crippen LogP contribution in [0.5, 0.6) is 0 Å². The summed E-state index contributed by atoms with van der Waals surface area (Å²) in [4.78, 5) is 11.5. The molecule has 0 heterocycles. The van der Waals surface area contributed by atoms with Gasteiger partial charge in [0.1, 0.15) is 6.54 Å². The summed E-state index contributed by atoms with van der Waals surface area (Å²) in [6.07, 6.45) is 0. The van der Waals surface area contributed by atoms with E-state index in [1.807, 2.05) is 0 Å². The molecule has 0 saturated heterocycles. The number of anilines is 1. The normalized spacial score (nSPS) is 11.6. The number of hydrogen-bond acceptors (Lipinski definition) is 5. The molecule has 0 radical (unpaired) electrons. The van der Waals surface area contributed by atoms with E-state index in [1.165, 1.54) is 12.1 Å². The highest BCUT2D eigenvalue weighted by Crippen LogP contribution is 2.24. The van der Waals surface area contributed by atoms with Crippen molar-refractivity contribution in [3.8, 4) is 0 Å². The highest BCUT2D eigenvalue weighted by atomic mass is 79.9. The molecule has 0 atom stereocenters. The van der Waals surface area contributed by atoms with Crippen LogP contribution < -0.4 is 5.73 Å². The number of benzene rings is 1. The number of nitrogens with two attached hydrogens (primary N) is 1. The van der Waals surface area contributed by atoms with E-state index in [1.54, 1.807) is 19.9 Å². The Labute approximate surface area is 127 Å². The van der Waals surface area contributed by atoms with Crippen molar-refractivity contribution in [1.29, 1.82) is 0 Å². The topological polar surface area (TPSA) is 89.7 Å². The van der Waals surface area contributed by atoms with Gasteiger partial charge in [0.05, 0.1) is 11.5 Å². The quantitative estimate of drug-likeness (QED) is 0.611. The van der Waals surface area contributed by atoms with Crippen LogP contribution in [-0.2, 0) is 19.6 Å². The van der Waals surface area contributed by atoms with E-state index >= 15 is 0 Å². The number of nitrogens with zero attached hydrogens (tertiary/aromatic N) is 1. The van der Waals surface area contributed by atoms with Crippen LogP contribution in [0.15, 0.2) is 27.6 Å². The van der Waals surface area contributed by atoms with E-state index in [4.69, 9.17) is 10.5 Å². The fraction of sp³-hybridized carbons (Fsp3) is 0.417. The molecular formula is C12H17BrN2O4S. The smallest absolute Gasteiger partial charge is 0.321 e. The summed E-state index contributed by atoms with van der Waals surface area (Å²) in [5.74, 6) is -0.581. The van der Waals surface area contributed by atoms with Gasteiger partial charge in [-0.1, -0.05) is 6.92 Å². The van der Waals surface area contributed by atoms with Gasteiger partial charge in [-0.15, -0.1) is 0 Å². The lowest BCUT2D eigenvalue weighted by Gasteiger charge is -2.19. The maximum atomic E-state index is 12.4. The molecule has 6 nitrogen and oxygen atoms in total. The van der Waals surface area contributed by atoms with Crippen LogP contribution in [0.1, 0.15) is 13.8 Å². The minimum Gasteiger partial charge on any atom is -0.465 e. The maximum Gasteiger partial charge on any atom is 0.321 e. The molecule has 20 heavy (non-hydrogen) atoms. The Morgan fingerprint density at radius 3 is 2.55 bits per heavy atom. The fourth-order valence-corrected chi connectivity index (χ4v) is 3.22. The number of esters is 1. The van der Waals surface area contributed by atoms with Crippen molar-refractivity contribution in [2.24, 2.45) is 0 Å². The molecule has 1 rings (SSSR count). The first kappa shape index (κ1) is 16.9. The summed E-state index contributed by atoms with van der Waals surface area (Å²) in [7, 11) is -3.77. The third kappa shape index (κ3) is 3.94. The van der Waals surface area contributed by atoms with E-state index in [0.29, 0.717) is 10.2 Å². The van der Waals surface area contributed by atoms with E-state index in [2.05, 4.69) is 15.9 Å². The molecule has 0 fully saturated rings. The van der Waals surface area contributed by atoms with Crippen molar-refractivity contribution < 1.29 is 17.9 Å². The van der Waals surface area contributed by atoms with Crippen LogP contribution in [0.3, 0.4) is 0 Å². The molecule has 0 aliphatic heterocycles. The number of sulfonamides is 1. The minimum atomic E-state index is -3.77. The molecule has 0 spiro atoms. The van der Waals surface area contributed by atoms with E-state index in [9.17, 15) is 13.2 Å². The molecule has 1 aromatic rings. The number of rotatable bonds is 6. The highest BCUT2D eigenvalue weighted by molar-refractivity contribution is 9.10. The summed E-state index contributed by atoms with van der Waals surface area (Å²) < 4.78 is 31.3. The van der Waals surface area contributed by atoms with Crippen molar-refractivity contribution in [1.82, 2.24) is 4.31 Å². The maximum absolute atomic E-state index is 12.4. The van der Waals surface area contributed by atoms with E-state index in [-0.39, 0.29) is 24.6 Å². The second-order valence-corrected chi connectivity index (χ2v) is 6.71. The van der Waals surface area contributed by atoms with Gasteiger partial charge in [-0.05, 0) is 41.1 Å². The lowest BCUT2D eigenvalue weighted by Crippen LogP contribution is -2.36. The third-order valence-electron chi connectivity index (χ3n) is 2.57. The van der Waals surface area contributed by atoms with Crippen LogP contribution in [0, 0.1) is 0 Å². The zero-order valence-electron chi connectivity index (χ0n) is 11.3. The third-order valence-corrected chi connectivity index (χ3v) is 5.21. The molecule has 112 valence electrons. The van der Waals surface area contributed by atoms with E-state index in [0.717, 1.165) is 4.31 Å². The second-order valence-electron chi connectivity index (χ2n) is 3.92. The number of likely N-dealkylation sites (N-methyl/N-ethyl adjacent to an activating group) is 1. The molecule has 0 saturated carbocycles. The summed E-state index contributed by atoms with van der Waals surface area (Å²) in [5.41, 5.74) is 6.00. The number of carbonyl (C=O) groups excluding carboxylic acids is 1. The second kappa shape index (κ2) is 7.05. The van der Waals surface area contributed by atoms with Gasteiger partial charge in [-0.25, -0.2) is 8.42 Å². The fourth-order valence-electron chi connectivity index (χ4n) is 1.55. The molecule has 0 bridgehead atoms. The van der Waals surface area contributed by atoms with Crippen molar-refractivity contribution in [3.05, 3.63) is 22.7 Å². The summed E-state index contributed by atoms with van der Waals surface area (Å²) in [5, 5.41) is 0. The van der Waals surface area contributed by atoms with Gasteiger partial charge in [0.15, 0.2) is 0 Å². The van der Waals surface area contributed by atoms with Gasteiger partial charge in [0.2, 0.25) is 10.0 Å². The minimum absolute atomic E-state index is 0.0457. The number of carbonyl (C=O) groups is 1. The molecule has 0 aromatic heterocycles. The lowest BCUT2D eigenvalue weighted by atomic mass is 10.3. The van der Waals surface area contributed by atoms with Crippen molar-refractivity contribution >= 4 is 37.6 Å². The Kier molecular flexibility index (Phi) is 5.97. The summed E-state index contributed by atoms with van der Waals surface area (Å²) in [6, 6.07) is 4.34. The van der Waals surface area contributed by atoms with Gasteiger partial charge in [-0.2, -0.15) is 4.31 Å². The Morgan fingerprint density at radius 2 is 2.05 bits per heavy atom. The average molecular weight is 365 g/mol. The van der Waals surface area contributed by atoms with Crippen molar-refractivity contribution in [2.75, 3.05) is 25.4 Å². The van der Waals surface area contributed by atoms with Gasteiger partial charge in [0.25, 0.3) is 0 Å². The number of ether oxygens (including phenoxy) is 1. The number of hydrogen-bond donors (Lipinski definition) is 1. The summed E-state index contributed by atoms with van der Waals surface area (Å²) >= 11 is 3.20. The Hall–Kier alpha value is -1.12. The van der Waals surface area contributed by atoms with Crippen LogP contribution in [0.2, 0.25) is 0 Å². The Balaban J connectivity index is 3.05. The zero-order chi connectivity index (χ0) is 15.3. The largest absolute Gasteiger partial charge is 0.465 e. The predicted octanol–water partition coefficient (Wildman–Crippen LogP) is 1.60. The Bertz CT molecular complexity index is 589. The van der Waals surface area contributed by atoms with Gasteiger partial charge >= 0.3 is 5.97 Å². The first-order chi connectivity index (χ1) is 9.32. The van der Waals surface area contributed by atoms with Crippen molar-refractivity contribution in [3.63, 3.8) is 0 Å². The molecular weight excluding hydrogens is 348 g/mol. The molecule has 1 aromatic carbocycles. The van der Waals surface area contributed by atoms with Crippen molar-refractivity contribution in [2.45, 2.75) is 18.7 Å². The molecule has 0 aliphatic carbocycles. The first-order valence-corrected chi connectivity index (χ1v) is 8.27. The monoisotopic (exact) mass is 364 g/mol.